The molecular weight excluding hydrogens is 773 g/mol. The van der Waals surface area contributed by atoms with Crippen molar-refractivity contribution in [1.82, 2.24) is 4.57 Å². The highest BCUT2D eigenvalue weighted by atomic mass is 127. The van der Waals surface area contributed by atoms with E-state index in [4.69, 9.17) is 9.73 Å². The van der Waals surface area contributed by atoms with Crippen LogP contribution < -0.4 is 19.6 Å². The van der Waals surface area contributed by atoms with E-state index >= 15 is 0 Å². The summed E-state index contributed by atoms with van der Waals surface area (Å²) in [6.45, 7) is 0.427. The molecule has 0 saturated carbocycles. The van der Waals surface area contributed by atoms with Crippen LogP contribution >= 0.6 is 56.5 Å². The van der Waals surface area contributed by atoms with Crippen molar-refractivity contribution < 1.29 is 9.13 Å². The SMILES string of the molecule is O=c1/c(=C\c2cc(I)cc(I)c2OCc2ccccc2)sc2n1[C@@H](c1ccc(F)cc1)C1=C(N=2)c2ccccc2CC1. The molecule has 1 aliphatic carbocycles. The van der Waals surface area contributed by atoms with Gasteiger partial charge in [0, 0.05) is 14.7 Å². The summed E-state index contributed by atoms with van der Waals surface area (Å²) in [7, 11) is 0. The molecule has 2 heterocycles. The average Bonchev–Trinajstić information content (AvgIpc) is 3.30. The summed E-state index contributed by atoms with van der Waals surface area (Å²) in [4.78, 5) is 19.9. The van der Waals surface area contributed by atoms with Crippen LogP contribution in [0.2, 0.25) is 0 Å². The van der Waals surface area contributed by atoms with Crippen LogP contribution in [0, 0.1) is 13.0 Å². The van der Waals surface area contributed by atoms with E-state index < -0.39 is 0 Å². The van der Waals surface area contributed by atoms with Crippen LogP contribution in [-0.2, 0) is 13.0 Å². The maximum atomic E-state index is 14.2. The van der Waals surface area contributed by atoms with Gasteiger partial charge >= 0.3 is 0 Å². The first-order valence-electron chi connectivity index (χ1n) is 13.5. The summed E-state index contributed by atoms with van der Waals surface area (Å²) >= 11 is 5.97. The Labute approximate surface area is 273 Å². The molecule has 0 amide bonds. The zero-order chi connectivity index (χ0) is 28.8. The minimum absolute atomic E-state index is 0.110. The molecule has 0 saturated heterocycles. The van der Waals surface area contributed by atoms with E-state index in [0.29, 0.717) is 15.9 Å². The van der Waals surface area contributed by atoms with Gasteiger partial charge in [-0.1, -0.05) is 78.1 Å². The van der Waals surface area contributed by atoms with Gasteiger partial charge in [0.25, 0.3) is 5.56 Å². The molecule has 4 aromatic carbocycles. The number of aryl methyl sites for hydroxylation is 1. The Balaban J connectivity index is 1.40. The fraction of sp³-hybridized carbons (Fsp3) is 0.118. The second-order valence-corrected chi connectivity index (χ2v) is 13.7. The predicted octanol–water partition coefficient (Wildman–Crippen LogP) is 7.25. The first-order valence-corrected chi connectivity index (χ1v) is 16.5. The highest BCUT2D eigenvalue weighted by Crippen LogP contribution is 2.41. The maximum absolute atomic E-state index is 14.2. The van der Waals surface area contributed by atoms with Crippen molar-refractivity contribution in [3.05, 3.63) is 157 Å². The molecule has 8 heteroatoms. The number of ether oxygens (including phenoxy) is 1. The van der Waals surface area contributed by atoms with Crippen LogP contribution in [0.1, 0.15) is 40.3 Å². The maximum Gasteiger partial charge on any atom is 0.271 e. The number of hydrogen-bond donors (Lipinski definition) is 0. The van der Waals surface area contributed by atoms with Gasteiger partial charge in [-0.15, -0.1) is 0 Å². The Morgan fingerprint density at radius 2 is 1.74 bits per heavy atom. The van der Waals surface area contributed by atoms with Crippen molar-refractivity contribution in [1.29, 1.82) is 0 Å². The van der Waals surface area contributed by atoms with Gasteiger partial charge in [-0.25, -0.2) is 9.38 Å². The molecule has 4 nitrogen and oxygen atoms in total. The van der Waals surface area contributed by atoms with Crippen LogP contribution in [0.4, 0.5) is 4.39 Å². The lowest BCUT2D eigenvalue weighted by molar-refractivity contribution is 0.303. The zero-order valence-corrected chi connectivity index (χ0v) is 27.3. The standard InChI is InChI=1S/C34H23FI2N2O2S/c35-24-13-10-22(11-14-24)31-27-15-12-21-8-4-5-9-26(21)30(27)38-34-39(31)33(40)29(42-34)17-23-16-25(36)18-28(37)32(23)41-19-20-6-2-1-3-7-20/h1-11,13-14,16-18,31H,12,15,19H2/b29-17+/t31-/m0/s1. The molecular formula is C34H23FI2N2O2S. The highest BCUT2D eigenvalue weighted by molar-refractivity contribution is 14.1. The molecule has 208 valence electrons. The molecule has 0 N–H and O–H groups in total. The lowest BCUT2D eigenvalue weighted by Gasteiger charge is -2.30. The van der Waals surface area contributed by atoms with Crippen molar-refractivity contribution in [2.24, 2.45) is 4.99 Å². The van der Waals surface area contributed by atoms with E-state index in [-0.39, 0.29) is 17.4 Å². The Morgan fingerprint density at radius 1 is 0.976 bits per heavy atom. The number of halogens is 3. The summed E-state index contributed by atoms with van der Waals surface area (Å²) in [6, 6.07) is 28.6. The van der Waals surface area contributed by atoms with E-state index in [1.165, 1.54) is 29.0 Å². The van der Waals surface area contributed by atoms with E-state index in [9.17, 15) is 9.18 Å². The molecule has 42 heavy (non-hydrogen) atoms. The second-order valence-electron chi connectivity index (χ2n) is 10.2. The number of hydrogen-bond acceptors (Lipinski definition) is 4. The summed E-state index contributed by atoms with van der Waals surface area (Å²) in [5, 5.41) is 0. The normalized spacial score (nSPS) is 16.0. The van der Waals surface area contributed by atoms with Gasteiger partial charge in [0.05, 0.1) is 19.8 Å². The van der Waals surface area contributed by atoms with Crippen LogP contribution in [0.15, 0.2) is 106 Å². The van der Waals surface area contributed by atoms with Gasteiger partial charge in [0.15, 0.2) is 4.80 Å². The monoisotopic (exact) mass is 796 g/mol. The fourth-order valence-electron chi connectivity index (χ4n) is 5.68. The topological polar surface area (TPSA) is 43.6 Å². The molecule has 0 spiro atoms. The molecule has 7 rings (SSSR count). The number of nitrogens with zero attached hydrogens (tertiary/aromatic N) is 2. The lowest BCUT2D eigenvalue weighted by atomic mass is 9.83. The molecule has 5 aromatic rings. The van der Waals surface area contributed by atoms with Gasteiger partial charge in [-0.05, 0) is 111 Å². The van der Waals surface area contributed by atoms with Gasteiger partial charge in [-0.3, -0.25) is 9.36 Å². The molecule has 1 aromatic heterocycles. The summed E-state index contributed by atoms with van der Waals surface area (Å²) in [5.41, 5.74) is 7.06. The zero-order valence-electron chi connectivity index (χ0n) is 22.2. The first kappa shape index (κ1) is 27.7. The van der Waals surface area contributed by atoms with Crippen molar-refractivity contribution >= 4 is 68.3 Å². The summed E-state index contributed by atoms with van der Waals surface area (Å²) in [6.07, 6.45) is 3.58. The Kier molecular flexibility index (Phi) is 7.62. The minimum atomic E-state index is -0.350. The third kappa shape index (κ3) is 5.17. The number of fused-ring (bicyclic) bond motifs is 3. The molecule has 1 aliphatic heterocycles. The minimum Gasteiger partial charge on any atom is -0.487 e. The Hall–Kier alpha value is -3.09. The molecule has 1 atom stereocenters. The number of rotatable bonds is 5. The summed E-state index contributed by atoms with van der Waals surface area (Å²) < 4.78 is 24.7. The summed E-state index contributed by atoms with van der Waals surface area (Å²) in [5.74, 6) is 0.444. The van der Waals surface area contributed by atoms with Crippen molar-refractivity contribution in [3.8, 4) is 5.75 Å². The van der Waals surface area contributed by atoms with Crippen LogP contribution in [-0.4, -0.2) is 4.57 Å². The number of thiazole rings is 1. The molecule has 0 bridgehead atoms. The largest absolute Gasteiger partial charge is 0.487 e. The van der Waals surface area contributed by atoms with E-state index in [1.807, 2.05) is 48.5 Å². The van der Waals surface area contributed by atoms with Gasteiger partial charge in [0.1, 0.15) is 18.2 Å². The smallest absolute Gasteiger partial charge is 0.271 e. The quantitative estimate of drug-likeness (QED) is 0.176. The molecule has 0 unspecified atom stereocenters. The van der Waals surface area contributed by atoms with Crippen LogP contribution in [0.5, 0.6) is 5.75 Å². The average molecular weight is 796 g/mol. The van der Waals surface area contributed by atoms with E-state index in [2.05, 4.69) is 69.4 Å². The van der Waals surface area contributed by atoms with Crippen molar-refractivity contribution in [2.75, 3.05) is 0 Å². The van der Waals surface area contributed by atoms with Crippen LogP contribution in [0.3, 0.4) is 0 Å². The fourth-order valence-corrected chi connectivity index (χ4v) is 8.72. The van der Waals surface area contributed by atoms with Crippen LogP contribution in [0.25, 0.3) is 11.8 Å². The Morgan fingerprint density at radius 3 is 2.55 bits per heavy atom. The third-order valence-corrected chi connectivity index (χ3v) is 10.0. The number of allylic oxidation sites excluding steroid dienone is 1. The lowest BCUT2D eigenvalue weighted by Crippen LogP contribution is -2.38. The van der Waals surface area contributed by atoms with Crippen molar-refractivity contribution in [3.63, 3.8) is 0 Å². The third-order valence-electron chi connectivity index (χ3n) is 7.61. The molecule has 0 fully saturated rings. The molecule has 0 radical (unpaired) electrons. The van der Waals surface area contributed by atoms with Gasteiger partial charge in [-0.2, -0.15) is 0 Å². The van der Waals surface area contributed by atoms with Gasteiger partial charge in [0.2, 0.25) is 0 Å². The second kappa shape index (κ2) is 11.5. The number of benzene rings is 4. The van der Waals surface area contributed by atoms with E-state index in [1.54, 1.807) is 16.7 Å². The van der Waals surface area contributed by atoms with Crippen molar-refractivity contribution in [2.45, 2.75) is 25.5 Å². The first-order chi connectivity index (χ1) is 20.5. The van der Waals surface area contributed by atoms with E-state index in [0.717, 1.165) is 59.3 Å². The number of aromatic nitrogens is 1. The molecule has 2 aliphatic rings. The highest BCUT2D eigenvalue weighted by Gasteiger charge is 2.32. The van der Waals surface area contributed by atoms with Gasteiger partial charge < -0.3 is 4.74 Å². The Bertz CT molecular complexity index is 2050. The predicted molar refractivity (Wildman–Crippen MR) is 182 cm³/mol.